The Labute approximate surface area is 175 Å². The molecule has 0 aromatic heterocycles. The number of hydrogen-bond donors (Lipinski definition) is 2. The van der Waals surface area contributed by atoms with Gasteiger partial charge in [-0.05, 0) is 55.0 Å². The van der Waals surface area contributed by atoms with Crippen molar-refractivity contribution in [3.63, 3.8) is 0 Å². The van der Waals surface area contributed by atoms with Gasteiger partial charge in [0.1, 0.15) is 18.1 Å². The van der Waals surface area contributed by atoms with Gasteiger partial charge < -0.3 is 20.1 Å². The standard InChI is InChI=1S/C24H24N2O4/c1-2-25-24(28)19-9-6-10-20(15-19)26-23(27)17-30-22-13-11-21(12-14-22)29-16-18-7-4-3-5-8-18/h3-15H,2,16-17H2,1H3,(H,25,28)(H,26,27). The molecule has 30 heavy (non-hydrogen) atoms. The fourth-order valence-electron chi connectivity index (χ4n) is 2.72. The Morgan fingerprint density at radius 3 is 2.23 bits per heavy atom. The highest BCUT2D eigenvalue weighted by Gasteiger charge is 2.08. The van der Waals surface area contributed by atoms with E-state index in [1.165, 1.54) is 0 Å². The molecular formula is C24H24N2O4. The average molecular weight is 404 g/mol. The second-order valence-electron chi connectivity index (χ2n) is 6.52. The molecule has 0 unspecified atom stereocenters. The van der Waals surface area contributed by atoms with Crippen molar-refractivity contribution in [2.45, 2.75) is 13.5 Å². The van der Waals surface area contributed by atoms with Gasteiger partial charge >= 0.3 is 0 Å². The first-order valence-electron chi connectivity index (χ1n) is 9.72. The highest BCUT2D eigenvalue weighted by atomic mass is 16.5. The van der Waals surface area contributed by atoms with E-state index in [0.717, 1.165) is 11.3 Å². The van der Waals surface area contributed by atoms with Crippen LogP contribution < -0.4 is 20.1 Å². The fraction of sp³-hybridized carbons (Fsp3) is 0.167. The molecule has 0 aliphatic heterocycles. The van der Waals surface area contributed by atoms with E-state index in [2.05, 4.69) is 10.6 Å². The Morgan fingerprint density at radius 1 is 0.833 bits per heavy atom. The molecule has 3 aromatic carbocycles. The van der Waals surface area contributed by atoms with Crippen LogP contribution in [0, 0.1) is 0 Å². The first kappa shape index (κ1) is 20.9. The van der Waals surface area contributed by atoms with Crippen LogP contribution in [-0.4, -0.2) is 25.0 Å². The number of anilines is 1. The highest BCUT2D eigenvalue weighted by molar-refractivity contribution is 5.97. The number of rotatable bonds is 9. The molecule has 0 spiro atoms. The van der Waals surface area contributed by atoms with Crippen LogP contribution in [0.5, 0.6) is 11.5 Å². The lowest BCUT2D eigenvalue weighted by molar-refractivity contribution is -0.118. The van der Waals surface area contributed by atoms with Crippen molar-refractivity contribution in [2.75, 3.05) is 18.5 Å². The van der Waals surface area contributed by atoms with Crippen LogP contribution in [-0.2, 0) is 11.4 Å². The topological polar surface area (TPSA) is 76.7 Å². The SMILES string of the molecule is CCNC(=O)c1cccc(NC(=O)COc2ccc(OCc3ccccc3)cc2)c1. The maximum atomic E-state index is 12.2. The summed E-state index contributed by atoms with van der Waals surface area (Å²) in [5, 5.41) is 5.46. The van der Waals surface area contributed by atoms with Crippen molar-refractivity contribution in [1.29, 1.82) is 0 Å². The molecule has 3 aromatic rings. The molecule has 2 N–H and O–H groups in total. The first-order chi connectivity index (χ1) is 14.6. The first-order valence-corrected chi connectivity index (χ1v) is 9.72. The summed E-state index contributed by atoms with van der Waals surface area (Å²) in [7, 11) is 0. The van der Waals surface area contributed by atoms with Crippen LogP contribution in [0.2, 0.25) is 0 Å². The van der Waals surface area contributed by atoms with Crippen LogP contribution in [0.3, 0.4) is 0 Å². The second-order valence-corrected chi connectivity index (χ2v) is 6.52. The summed E-state index contributed by atoms with van der Waals surface area (Å²) in [6.07, 6.45) is 0. The van der Waals surface area contributed by atoms with Crippen LogP contribution in [0.1, 0.15) is 22.8 Å². The van der Waals surface area contributed by atoms with E-state index in [9.17, 15) is 9.59 Å². The van der Waals surface area contributed by atoms with Gasteiger partial charge in [0.05, 0.1) is 0 Å². The van der Waals surface area contributed by atoms with E-state index in [4.69, 9.17) is 9.47 Å². The number of hydrogen-bond acceptors (Lipinski definition) is 4. The highest BCUT2D eigenvalue weighted by Crippen LogP contribution is 2.19. The summed E-state index contributed by atoms with van der Waals surface area (Å²) >= 11 is 0. The summed E-state index contributed by atoms with van der Waals surface area (Å²) in [5.74, 6) is 0.790. The summed E-state index contributed by atoms with van der Waals surface area (Å²) in [6.45, 7) is 2.73. The summed E-state index contributed by atoms with van der Waals surface area (Å²) in [6, 6.07) is 23.8. The third-order valence-corrected chi connectivity index (χ3v) is 4.19. The zero-order valence-electron chi connectivity index (χ0n) is 16.8. The summed E-state index contributed by atoms with van der Waals surface area (Å²) in [4.78, 5) is 24.0. The monoisotopic (exact) mass is 404 g/mol. The third kappa shape index (κ3) is 6.38. The van der Waals surface area contributed by atoms with Crippen LogP contribution in [0.25, 0.3) is 0 Å². The van der Waals surface area contributed by atoms with Gasteiger partial charge in [-0.15, -0.1) is 0 Å². The van der Waals surface area contributed by atoms with E-state index in [-0.39, 0.29) is 18.4 Å². The number of carbonyl (C=O) groups is 2. The van der Waals surface area contributed by atoms with Crippen LogP contribution in [0.4, 0.5) is 5.69 Å². The Balaban J connectivity index is 1.46. The molecule has 0 aliphatic rings. The normalized spacial score (nSPS) is 10.2. The Bertz CT molecular complexity index is 972. The minimum atomic E-state index is -0.313. The number of nitrogens with one attached hydrogen (secondary N) is 2. The van der Waals surface area contributed by atoms with E-state index in [1.807, 2.05) is 37.3 Å². The van der Waals surface area contributed by atoms with Gasteiger partial charge in [-0.1, -0.05) is 36.4 Å². The molecule has 154 valence electrons. The Hall–Kier alpha value is -3.80. The van der Waals surface area contributed by atoms with Crippen molar-refractivity contribution >= 4 is 17.5 Å². The molecule has 0 aliphatic carbocycles. The van der Waals surface area contributed by atoms with Gasteiger partial charge in [-0.2, -0.15) is 0 Å². The molecule has 0 saturated carbocycles. The lowest BCUT2D eigenvalue weighted by Gasteiger charge is -2.10. The summed E-state index contributed by atoms with van der Waals surface area (Å²) < 4.78 is 11.3. The largest absolute Gasteiger partial charge is 0.489 e. The van der Waals surface area contributed by atoms with Gasteiger partial charge in [0.15, 0.2) is 6.61 Å². The molecule has 3 rings (SSSR count). The van der Waals surface area contributed by atoms with E-state index in [0.29, 0.717) is 30.2 Å². The molecule has 0 heterocycles. The van der Waals surface area contributed by atoms with Crippen molar-refractivity contribution in [2.24, 2.45) is 0 Å². The zero-order valence-corrected chi connectivity index (χ0v) is 16.8. The number of ether oxygens (including phenoxy) is 2. The summed E-state index contributed by atoms with van der Waals surface area (Å²) in [5.41, 5.74) is 2.12. The molecule has 0 saturated heterocycles. The number of amides is 2. The Kier molecular flexibility index (Phi) is 7.44. The number of benzene rings is 3. The lowest BCUT2D eigenvalue weighted by atomic mass is 10.2. The van der Waals surface area contributed by atoms with Crippen molar-refractivity contribution in [1.82, 2.24) is 5.32 Å². The van der Waals surface area contributed by atoms with Gasteiger partial charge in [0.25, 0.3) is 11.8 Å². The van der Waals surface area contributed by atoms with Gasteiger partial charge in [0, 0.05) is 17.8 Å². The molecule has 2 amide bonds. The van der Waals surface area contributed by atoms with Crippen molar-refractivity contribution in [3.8, 4) is 11.5 Å². The maximum absolute atomic E-state index is 12.2. The lowest BCUT2D eigenvalue weighted by Crippen LogP contribution is -2.23. The fourth-order valence-corrected chi connectivity index (χ4v) is 2.72. The van der Waals surface area contributed by atoms with Crippen LogP contribution in [0.15, 0.2) is 78.9 Å². The van der Waals surface area contributed by atoms with Gasteiger partial charge in [-0.3, -0.25) is 9.59 Å². The van der Waals surface area contributed by atoms with Crippen molar-refractivity contribution in [3.05, 3.63) is 90.0 Å². The zero-order chi connectivity index (χ0) is 21.2. The predicted molar refractivity (Wildman–Crippen MR) is 116 cm³/mol. The maximum Gasteiger partial charge on any atom is 0.262 e. The van der Waals surface area contributed by atoms with Crippen LogP contribution >= 0.6 is 0 Å². The predicted octanol–water partition coefficient (Wildman–Crippen LogP) is 4.03. The smallest absolute Gasteiger partial charge is 0.262 e. The third-order valence-electron chi connectivity index (χ3n) is 4.19. The molecule has 0 bridgehead atoms. The Morgan fingerprint density at radius 2 is 1.53 bits per heavy atom. The number of carbonyl (C=O) groups excluding carboxylic acids is 2. The second kappa shape index (κ2) is 10.7. The minimum absolute atomic E-state index is 0.143. The van der Waals surface area contributed by atoms with Crippen molar-refractivity contribution < 1.29 is 19.1 Å². The van der Waals surface area contributed by atoms with E-state index >= 15 is 0 Å². The quantitative estimate of drug-likeness (QED) is 0.565. The van der Waals surface area contributed by atoms with Gasteiger partial charge in [-0.25, -0.2) is 0 Å². The molecule has 6 nitrogen and oxygen atoms in total. The van der Waals surface area contributed by atoms with E-state index < -0.39 is 0 Å². The molecule has 0 radical (unpaired) electrons. The molecule has 6 heteroatoms. The molecule has 0 atom stereocenters. The average Bonchev–Trinajstić information content (AvgIpc) is 2.78. The molecule has 0 fully saturated rings. The molecular weight excluding hydrogens is 380 g/mol. The minimum Gasteiger partial charge on any atom is -0.489 e. The van der Waals surface area contributed by atoms with E-state index in [1.54, 1.807) is 48.5 Å². The van der Waals surface area contributed by atoms with Gasteiger partial charge in [0.2, 0.25) is 0 Å².